The third-order valence-corrected chi connectivity index (χ3v) is 4.88. The van der Waals surface area contributed by atoms with E-state index in [2.05, 4.69) is 29.2 Å². The van der Waals surface area contributed by atoms with Crippen LogP contribution in [0.5, 0.6) is 5.75 Å². The summed E-state index contributed by atoms with van der Waals surface area (Å²) in [6, 6.07) is 19.1. The molecule has 1 aliphatic rings. The van der Waals surface area contributed by atoms with Gasteiger partial charge in [0.15, 0.2) is 0 Å². The zero-order chi connectivity index (χ0) is 16.8. The fourth-order valence-electron chi connectivity index (χ4n) is 3.55. The molecule has 3 nitrogen and oxygen atoms in total. The van der Waals surface area contributed by atoms with Gasteiger partial charge in [-0.2, -0.15) is 5.26 Å². The van der Waals surface area contributed by atoms with Crippen LogP contribution in [0.15, 0.2) is 48.5 Å². The van der Waals surface area contributed by atoms with E-state index >= 15 is 0 Å². The maximum absolute atomic E-state index is 9.36. The topological polar surface area (TPSA) is 36.3 Å². The maximum atomic E-state index is 9.36. The molecular weight excluding hydrogens is 296 g/mol. The molecule has 1 atom stereocenters. The smallest absolute Gasteiger partial charge is 0.118 e. The molecule has 124 valence electrons. The number of rotatable bonds is 4. The fourth-order valence-corrected chi connectivity index (χ4v) is 3.55. The van der Waals surface area contributed by atoms with Crippen LogP contribution in [0.25, 0.3) is 0 Å². The average Bonchev–Trinajstić information content (AvgIpc) is 2.88. The van der Waals surface area contributed by atoms with Crippen molar-refractivity contribution in [3.63, 3.8) is 0 Å². The normalized spacial score (nSPS) is 18.6. The summed E-state index contributed by atoms with van der Waals surface area (Å²) in [5.41, 5.74) is 3.25. The summed E-state index contributed by atoms with van der Waals surface area (Å²) in [4.78, 5) is 2.53. The standard InChI is InChI=1S/C21H24N2O/c1-24-20-12-10-17(11-13-20)21-9-3-2-6-14-23(21)16-19-8-5-4-7-18(19)15-22/h4-5,7-8,10-13,21H,2-3,6,9,14,16H2,1H3/t21-/m1/s1. The molecule has 0 bridgehead atoms. The molecule has 1 saturated heterocycles. The van der Waals surface area contributed by atoms with E-state index in [1.54, 1.807) is 7.11 Å². The van der Waals surface area contributed by atoms with Crippen LogP contribution < -0.4 is 4.74 Å². The molecule has 1 fully saturated rings. The minimum atomic E-state index is 0.408. The zero-order valence-electron chi connectivity index (χ0n) is 14.2. The van der Waals surface area contributed by atoms with Gasteiger partial charge in [-0.1, -0.05) is 43.2 Å². The monoisotopic (exact) mass is 320 g/mol. The number of nitrogens with zero attached hydrogens (tertiary/aromatic N) is 2. The van der Waals surface area contributed by atoms with Crippen molar-refractivity contribution in [2.24, 2.45) is 0 Å². The number of methoxy groups -OCH3 is 1. The van der Waals surface area contributed by atoms with E-state index in [9.17, 15) is 5.26 Å². The van der Waals surface area contributed by atoms with Crippen LogP contribution in [-0.4, -0.2) is 18.6 Å². The van der Waals surface area contributed by atoms with Crippen LogP contribution in [0.1, 0.15) is 48.4 Å². The summed E-state index contributed by atoms with van der Waals surface area (Å²) in [5, 5.41) is 9.36. The SMILES string of the molecule is COc1ccc([C@H]2CCCCCN2Cc2ccccc2C#N)cc1. The molecule has 0 amide bonds. The highest BCUT2D eigenvalue weighted by Crippen LogP contribution is 2.32. The lowest BCUT2D eigenvalue weighted by Gasteiger charge is -2.30. The predicted molar refractivity (Wildman–Crippen MR) is 95.8 cm³/mol. The lowest BCUT2D eigenvalue weighted by molar-refractivity contribution is 0.192. The van der Waals surface area contributed by atoms with Crippen molar-refractivity contribution in [1.29, 1.82) is 5.26 Å². The number of hydrogen-bond donors (Lipinski definition) is 0. The van der Waals surface area contributed by atoms with Crippen molar-refractivity contribution < 1.29 is 4.74 Å². The van der Waals surface area contributed by atoms with Gasteiger partial charge in [0.05, 0.1) is 18.7 Å². The minimum Gasteiger partial charge on any atom is -0.497 e. The fraction of sp³-hybridized carbons (Fsp3) is 0.381. The summed E-state index contributed by atoms with van der Waals surface area (Å²) in [6.07, 6.45) is 4.93. The van der Waals surface area contributed by atoms with Crippen LogP contribution in [0.2, 0.25) is 0 Å². The van der Waals surface area contributed by atoms with Crippen molar-refractivity contribution in [3.05, 3.63) is 65.2 Å². The average molecular weight is 320 g/mol. The summed E-state index contributed by atoms with van der Waals surface area (Å²) >= 11 is 0. The van der Waals surface area contributed by atoms with Gasteiger partial charge >= 0.3 is 0 Å². The summed E-state index contributed by atoms with van der Waals surface area (Å²) in [7, 11) is 1.70. The Bertz CT molecular complexity index is 703. The number of hydrogen-bond acceptors (Lipinski definition) is 3. The molecule has 2 aromatic carbocycles. The van der Waals surface area contributed by atoms with Gasteiger partial charge in [-0.15, -0.1) is 0 Å². The Balaban J connectivity index is 1.85. The molecule has 0 spiro atoms. The Morgan fingerprint density at radius 2 is 1.88 bits per heavy atom. The molecule has 0 saturated carbocycles. The first kappa shape index (κ1) is 16.5. The van der Waals surface area contributed by atoms with Gasteiger partial charge in [0.2, 0.25) is 0 Å². The summed E-state index contributed by atoms with van der Waals surface area (Å²) in [6.45, 7) is 1.91. The van der Waals surface area contributed by atoms with E-state index in [0.717, 1.165) is 30.0 Å². The van der Waals surface area contributed by atoms with E-state index in [1.165, 1.54) is 31.2 Å². The Morgan fingerprint density at radius 3 is 2.62 bits per heavy atom. The van der Waals surface area contributed by atoms with Gasteiger partial charge in [-0.05, 0) is 48.7 Å². The van der Waals surface area contributed by atoms with E-state index in [0.29, 0.717) is 6.04 Å². The van der Waals surface area contributed by atoms with Crippen LogP contribution in [0.3, 0.4) is 0 Å². The van der Waals surface area contributed by atoms with E-state index in [1.807, 2.05) is 30.3 Å². The van der Waals surface area contributed by atoms with Crippen molar-refractivity contribution in [2.75, 3.05) is 13.7 Å². The van der Waals surface area contributed by atoms with Gasteiger partial charge in [-0.25, -0.2) is 0 Å². The molecular formula is C21H24N2O. The number of likely N-dealkylation sites (tertiary alicyclic amines) is 1. The highest BCUT2D eigenvalue weighted by Gasteiger charge is 2.23. The molecule has 1 heterocycles. The first-order valence-corrected chi connectivity index (χ1v) is 8.68. The largest absolute Gasteiger partial charge is 0.497 e. The molecule has 0 radical (unpaired) electrons. The Kier molecular flexibility index (Phi) is 5.51. The molecule has 2 aromatic rings. The van der Waals surface area contributed by atoms with Crippen molar-refractivity contribution in [2.45, 2.75) is 38.3 Å². The highest BCUT2D eigenvalue weighted by atomic mass is 16.5. The molecule has 0 aromatic heterocycles. The summed E-state index contributed by atoms with van der Waals surface area (Å²) in [5.74, 6) is 0.897. The Hall–Kier alpha value is -2.31. The highest BCUT2D eigenvalue weighted by molar-refractivity contribution is 5.37. The molecule has 24 heavy (non-hydrogen) atoms. The van der Waals surface area contributed by atoms with E-state index in [4.69, 9.17) is 4.74 Å². The quantitative estimate of drug-likeness (QED) is 0.820. The zero-order valence-corrected chi connectivity index (χ0v) is 14.2. The van der Waals surface area contributed by atoms with E-state index < -0.39 is 0 Å². The second-order valence-electron chi connectivity index (χ2n) is 6.38. The lowest BCUT2D eigenvalue weighted by Crippen LogP contribution is -2.28. The molecule has 0 aliphatic carbocycles. The number of ether oxygens (including phenoxy) is 1. The maximum Gasteiger partial charge on any atom is 0.118 e. The minimum absolute atomic E-state index is 0.408. The van der Waals surface area contributed by atoms with Gasteiger partial charge < -0.3 is 4.74 Å². The van der Waals surface area contributed by atoms with Crippen LogP contribution >= 0.6 is 0 Å². The van der Waals surface area contributed by atoms with Gasteiger partial charge in [0, 0.05) is 12.6 Å². The second-order valence-corrected chi connectivity index (χ2v) is 6.38. The second kappa shape index (κ2) is 7.99. The summed E-state index contributed by atoms with van der Waals surface area (Å²) < 4.78 is 5.28. The molecule has 3 rings (SSSR count). The van der Waals surface area contributed by atoms with Gasteiger partial charge in [-0.3, -0.25) is 4.90 Å². The molecule has 0 unspecified atom stereocenters. The van der Waals surface area contributed by atoms with Crippen molar-refractivity contribution in [1.82, 2.24) is 4.90 Å². The number of benzene rings is 2. The third-order valence-electron chi connectivity index (χ3n) is 4.88. The molecule has 3 heteroatoms. The van der Waals surface area contributed by atoms with Crippen molar-refractivity contribution >= 4 is 0 Å². The Morgan fingerprint density at radius 1 is 1.08 bits per heavy atom. The van der Waals surface area contributed by atoms with Gasteiger partial charge in [0.1, 0.15) is 5.75 Å². The first-order chi connectivity index (χ1) is 11.8. The lowest BCUT2D eigenvalue weighted by atomic mass is 9.99. The van der Waals surface area contributed by atoms with Gasteiger partial charge in [0.25, 0.3) is 0 Å². The van der Waals surface area contributed by atoms with E-state index in [-0.39, 0.29) is 0 Å². The van der Waals surface area contributed by atoms with Crippen LogP contribution in [0, 0.1) is 11.3 Å². The molecule has 0 N–H and O–H groups in total. The third kappa shape index (κ3) is 3.77. The molecule has 1 aliphatic heterocycles. The predicted octanol–water partition coefficient (Wildman–Crippen LogP) is 4.68. The number of nitriles is 1. The van der Waals surface area contributed by atoms with Crippen molar-refractivity contribution in [3.8, 4) is 11.8 Å². The Labute approximate surface area is 144 Å². The van der Waals surface area contributed by atoms with Crippen LogP contribution in [-0.2, 0) is 6.54 Å². The van der Waals surface area contributed by atoms with Crippen LogP contribution in [0.4, 0.5) is 0 Å². The first-order valence-electron chi connectivity index (χ1n) is 8.68.